The highest BCUT2D eigenvalue weighted by molar-refractivity contribution is 5.98. The summed E-state index contributed by atoms with van der Waals surface area (Å²) in [6.45, 7) is 5.11. The molecule has 2 aliphatic rings. The minimum absolute atomic E-state index is 0.00108. The van der Waals surface area contributed by atoms with Crippen LogP contribution in [0.3, 0.4) is 0 Å². The number of anilines is 1. The molecule has 2 aromatic carbocycles. The third-order valence-corrected chi connectivity index (χ3v) is 8.47. The first-order chi connectivity index (χ1) is 19.8. The number of hydrogen-bond donors (Lipinski definition) is 2. The van der Waals surface area contributed by atoms with Crippen LogP contribution in [0, 0.1) is 11.8 Å². The number of amides is 3. The average molecular weight is 563 g/mol. The summed E-state index contributed by atoms with van der Waals surface area (Å²) in [5, 5.41) is 6.01. The lowest BCUT2D eigenvalue weighted by atomic mass is 9.86. The van der Waals surface area contributed by atoms with Gasteiger partial charge in [0.25, 0.3) is 12.4 Å². The van der Waals surface area contributed by atoms with Crippen LogP contribution in [0.4, 0.5) is 5.69 Å². The number of hydrogen-bond acceptors (Lipinski definition) is 6. The number of para-hydroxylation sites is 1. The van der Waals surface area contributed by atoms with Gasteiger partial charge in [0.15, 0.2) is 6.10 Å². The van der Waals surface area contributed by atoms with E-state index in [1.807, 2.05) is 57.1 Å². The van der Waals surface area contributed by atoms with Crippen molar-refractivity contribution in [3.8, 4) is 0 Å². The summed E-state index contributed by atoms with van der Waals surface area (Å²) in [4.78, 5) is 55.7. The minimum Gasteiger partial charge on any atom is -0.454 e. The van der Waals surface area contributed by atoms with Crippen LogP contribution < -0.4 is 10.6 Å². The number of carbonyl (C=O) groups is 4. The quantitative estimate of drug-likeness (QED) is 0.363. The van der Waals surface area contributed by atoms with Crippen molar-refractivity contribution in [1.29, 1.82) is 0 Å². The SMILES string of the molecule is CCC(CC)[C@@H]1C(=O)N[C@H](C2Cc3ccccc3C2)C(=O)N1Cc1ccccc1NC(=O)C(CCN(C)C)OC=O. The predicted octanol–water partition coefficient (Wildman–Crippen LogP) is 3.17. The number of rotatable bonds is 13. The van der Waals surface area contributed by atoms with Gasteiger partial charge >= 0.3 is 0 Å². The van der Waals surface area contributed by atoms with Crippen molar-refractivity contribution in [2.45, 2.75) is 70.7 Å². The van der Waals surface area contributed by atoms with Crippen LogP contribution in [0.15, 0.2) is 48.5 Å². The first-order valence-corrected chi connectivity index (χ1v) is 14.6. The highest BCUT2D eigenvalue weighted by Gasteiger charge is 2.47. The summed E-state index contributed by atoms with van der Waals surface area (Å²) in [6, 6.07) is 14.3. The van der Waals surface area contributed by atoms with E-state index in [9.17, 15) is 19.2 Å². The summed E-state index contributed by atoms with van der Waals surface area (Å²) in [6.07, 6.45) is 2.39. The second-order valence-electron chi connectivity index (χ2n) is 11.4. The van der Waals surface area contributed by atoms with Crippen molar-refractivity contribution in [2.75, 3.05) is 26.0 Å². The molecule has 1 aliphatic heterocycles. The van der Waals surface area contributed by atoms with E-state index in [-0.39, 0.29) is 30.2 Å². The Hall–Kier alpha value is -3.72. The van der Waals surface area contributed by atoms with Gasteiger partial charge in [-0.2, -0.15) is 0 Å². The van der Waals surface area contributed by atoms with E-state index in [1.165, 1.54) is 11.1 Å². The second kappa shape index (κ2) is 13.8. The smallest absolute Gasteiger partial charge is 0.293 e. The fraction of sp³-hybridized carbons (Fsp3) is 0.500. The summed E-state index contributed by atoms with van der Waals surface area (Å²) in [5.41, 5.74) is 3.69. The third kappa shape index (κ3) is 6.96. The largest absolute Gasteiger partial charge is 0.454 e. The fourth-order valence-corrected chi connectivity index (χ4v) is 6.17. The van der Waals surface area contributed by atoms with Crippen LogP contribution >= 0.6 is 0 Å². The number of nitrogens with zero attached hydrogens (tertiary/aromatic N) is 2. The van der Waals surface area contributed by atoms with E-state index < -0.39 is 24.1 Å². The van der Waals surface area contributed by atoms with E-state index >= 15 is 0 Å². The molecule has 1 aliphatic carbocycles. The Balaban J connectivity index is 1.60. The molecule has 1 fully saturated rings. The molecule has 4 rings (SSSR count). The molecule has 0 spiro atoms. The van der Waals surface area contributed by atoms with Gasteiger partial charge in [-0.25, -0.2) is 0 Å². The molecule has 3 atom stereocenters. The van der Waals surface area contributed by atoms with E-state index in [4.69, 9.17) is 4.74 Å². The van der Waals surface area contributed by atoms with Crippen molar-refractivity contribution >= 4 is 29.9 Å². The van der Waals surface area contributed by atoms with Crippen molar-refractivity contribution in [3.05, 3.63) is 65.2 Å². The van der Waals surface area contributed by atoms with Gasteiger partial charge in [0.2, 0.25) is 11.8 Å². The normalized spacial score (nSPS) is 19.7. The van der Waals surface area contributed by atoms with Crippen LogP contribution in [0.5, 0.6) is 0 Å². The Kier molecular flexibility index (Phi) is 10.2. The molecule has 9 heteroatoms. The number of nitrogens with one attached hydrogen (secondary N) is 2. The van der Waals surface area contributed by atoms with Gasteiger partial charge in [-0.15, -0.1) is 0 Å². The van der Waals surface area contributed by atoms with E-state index in [1.54, 1.807) is 17.0 Å². The van der Waals surface area contributed by atoms with E-state index in [2.05, 4.69) is 22.8 Å². The molecule has 9 nitrogen and oxygen atoms in total. The van der Waals surface area contributed by atoms with Crippen molar-refractivity contribution in [1.82, 2.24) is 15.1 Å². The van der Waals surface area contributed by atoms with Crippen LogP contribution in [0.1, 0.15) is 49.8 Å². The van der Waals surface area contributed by atoms with Gasteiger partial charge in [0, 0.05) is 25.2 Å². The number of ether oxygens (including phenoxy) is 1. The topological polar surface area (TPSA) is 108 Å². The fourth-order valence-electron chi connectivity index (χ4n) is 6.17. The predicted molar refractivity (Wildman–Crippen MR) is 157 cm³/mol. The Morgan fingerprint density at radius 3 is 2.32 bits per heavy atom. The lowest BCUT2D eigenvalue weighted by Gasteiger charge is -2.44. The number of fused-ring (bicyclic) bond motifs is 1. The summed E-state index contributed by atoms with van der Waals surface area (Å²) < 4.78 is 5.09. The lowest BCUT2D eigenvalue weighted by Crippen LogP contribution is -2.66. The van der Waals surface area contributed by atoms with Gasteiger partial charge in [0.05, 0.1) is 0 Å². The van der Waals surface area contributed by atoms with Gasteiger partial charge in [-0.1, -0.05) is 69.2 Å². The van der Waals surface area contributed by atoms with Crippen LogP contribution in [-0.4, -0.2) is 72.8 Å². The molecule has 2 aromatic rings. The Labute approximate surface area is 242 Å². The highest BCUT2D eigenvalue weighted by Crippen LogP contribution is 2.34. The van der Waals surface area contributed by atoms with Crippen molar-refractivity contribution in [3.63, 3.8) is 0 Å². The second-order valence-corrected chi connectivity index (χ2v) is 11.4. The zero-order chi connectivity index (χ0) is 29.5. The molecule has 0 radical (unpaired) electrons. The standard InChI is InChI=1S/C32H42N4O5/c1-5-21(6-2)29-31(39)34-28(25-17-22-11-7-8-12-23(22)18-25)32(40)36(29)19-24-13-9-10-14-26(24)33-30(38)27(41-20-37)15-16-35(3)4/h7-14,20-21,25,27-29H,5-6,15-19H2,1-4H3,(H,33,38)(H,34,39)/t27?,28-,29-/m1/s1. The first-order valence-electron chi connectivity index (χ1n) is 14.6. The van der Waals surface area contributed by atoms with Crippen LogP contribution in [0.25, 0.3) is 0 Å². The molecule has 0 aromatic heterocycles. The minimum atomic E-state index is -0.948. The molecule has 1 unspecified atom stereocenters. The maximum atomic E-state index is 14.2. The molecule has 0 bridgehead atoms. The molecular formula is C32H42N4O5. The molecular weight excluding hydrogens is 520 g/mol. The average Bonchev–Trinajstić information content (AvgIpc) is 3.39. The molecule has 220 valence electrons. The third-order valence-electron chi connectivity index (χ3n) is 8.47. The van der Waals surface area contributed by atoms with Gasteiger partial charge in [0.1, 0.15) is 12.1 Å². The van der Waals surface area contributed by atoms with E-state index in [0.29, 0.717) is 30.7 Å². The first kappa shape index (κ1) is 30.2. The summed E-state index contributed by atoms with van der Waals surface area (Å²) >= 11 is 0. The molecule has 3 amide bonds. The lowest BCUT2D eigenvalue weighted by molar-refractivity contribution is -0.154. The zero-order valence-electron chi connectivity index (χ0n) is 24.5. The number of piperazine rings is 1. The summed E-state index contributed by atoms with van der Waals surface area (Å²) in [5.74, 6) is -0.662. The maximum absolute atomic E-state index is 14.2. The van der Waals surface area contributed by atoms with Gasteiger partial charge < -0.3 is 25.2 Å². The summed E-state index contributed by atoms with van der Waals surface area (Å²) in [7, 11) is 3.76. The highest BCUT2D eigenvalue weighted by atomic mass is 16.5. The van der Waals surface area contributed by atoms with E-state index in [0.717, 1.165) is 25.7 Å². The molecule has 1 heterocycles. The molecule has 2 N–H and O–H groups in total. The van der Waals surface area contributed by atoms with Gasteiger partial charge in [-0.3, -0.25) is 19.2 Å². The van der Waals surface area contributed by atoms with Crippen LogP contribution in [0.2, 0.25) is 0 Å². The molecule has 41 heavy (non-hydrogen) atoms. The maximum Gasteiger partial charge on any atom is 0.293 e. The Bertz CT molecular complexity index is 1220. The monoisotopic (exact) mass is 562 g/mol. The van der Waals surface area contributed by atoms with Gasteiger partial charge in [-0.05, 0) is 61.5 Å². The Morgan fingerprint density at radius 1 is 1.07 bits per heavy atom. The number of benzene rings is 2. The number of carbonyl (C=O) groups excluding carboxylic acids is 4. The van der Waals surface area contributed by atoms with Crippen LogP contribution in [-0.2, 0) is 43.3 Å². The molecule has 1 saturated heterocycles. The molecule has 0 saturated carbocycles. The van der Waals surface area contributed by atoms with Crippen molar-refractivity contribution < 1.29 is 23.9 Å². The Morgan fingerprint density at radius 2 is 1.71 bits per heavy atom. The zero-order valence-corrected chi connectivity index (χ0v) is 24.5. The van der Waals surface area contributed by atoms with Crippen molar-refractivity contribution in [2.24, 2.45) is 11.8 Å².